The number of hydrogen-bond donors (Lipinski definition) is 1. The van der Waals surface area contributed by atoms with Crippen LogP contribution in [0.15, 0.2) is 52.8 Å². The van der Waals surface area contributed by atoms with Crippen molar-refractivity contribution in [2.24, 2.45) is 0 Å². The molecule has 0 bridgehead atoms. The second-order valence-electron chi connectivity index (χ2n) is 5.98. The fraction of sp³-hybridized carbons (Fsp3) is 0.158. The third-order valence-corrected chi connectivity index (χ3v) is 5.93. The molecule has 1 aromatic carbocycles. The second-order valence-corrected chi connectivity index (χ2v) is 8.21. The molecule has 0 atom stereocenters. The Bertz CT molecular complexity index is 1180. The molecule has 4 aromatic rings. The molecule has 0 fully saturated rings. The molecular formula is C19H16N4O2S2. The Morgan fingerprint density at radius 3 is 2.89 bits per heavy atom. The summed E-state index contributed by atoms with van der Waals surface area (Å²) in [4.78, 5) is 30.8. The first-order chi connectivity index (χ1) is 13.1. The lowest BCUT2D eigenvalue weighted by molar-refractivity contribution is -0.121. The molecule has 6 nitrogen and oxygen atoms in total. The summed E-state index contributed by atoms with van der Waals surface area (Å²) >= 11 is 3.24. The van der Waals surface area contributed by atoms with E-state index in [0.29, 0.717) is 17.4 Å². The monoisotopic (exact) mass is 396 g/mol. The van der Waals surface area contributed by atoms with Gasteiger partial charge in [0.05, 0.1) is 33.8 Å². The van der Waals surface area contributed by atoms with Crippen LogP contribution >= 0.6 is 22.7 Å². The summed E-state index contributed by atoms with van der Waals surface area (Å²) in [5.74, 6) is -0.157. The molecule has 0 saturated heterocycles. The van der Waals surface area contributed by atoms with E-state index in [4.69, 9.17) is 0 Å². The molecule has 8 heteroatoms. The lowest BCUT2D eigenvalue weighted by Gasteiger charge is -2.09. The summed E-state index contributed by atoms with van der Waals surface area (Å²) in [5.41, 5.74) is 1.48. The molecule has 0 saturated carbocycles. The van der Waals surface area contributed by atoms with Gasteiger partial charge in [0.2, 0.25) is 11.3 Å². The van der Waals surface area contributed by atoms with Crippen molar-refractivity contribution in [2.75, 3.05) is 0 Å². The molecule has 0 aliphatic carbocycles. The predicted octanol–water partition coefficient (Wildman–Crippen LogP) is 3.21. The van der Waals surface area contributed by atoms with E-state index in [0.717, 1.165) is 20.5 Å². The van der Waals surface area contributed by atoms with Gasteiger partial charge in [-0.05, 0) is 31.2 Å². The molecule has 0 radical (unpaired) electrons. The number of amides is 1. The number of nitrogens with one attached hydrogen (secondary N) is 1. The quantitative estimate of drug-likeness (QED) is 0.562. The van der Waals surface area contributed by atoms with E-state index in [1.165, 1.54) is 6.20 Å². The fourth-order valence-electron chi connectivity index (χ4n) is 2.75. The Morgan fingerprint density at radius 1 is 1.22 bits per heavy atom. The highest BCUT2D eigenvalue weighted by Crippen LogP contribution is 2.28. The van der Waals surface area contributed by atoms with Gasteiger partial charge in [-0.1, -0.05) is 12.1 Å². The van der Waals surface area contributed by atoms with Crippen molar-refractivity contribution in [3.05, 3.63) is 68.1 Å². The summed E-state index contributed by atoms with van der Waals surface area (Å²) < 4.78 is 1.55. The van der Waals surface area contributed by atoms with Gasteiger partial charge in [-0.15, -0.1) is 22.7 Å². The van der Waals surface area contributed by atoms with Gasteiger partial charge < -0.3 is 5.32 Å². The average Bonchev–Trinajstić information content (AvgIpc) is 3.31. The van der Waals surface area contributed by atoms with E-state index in [9.17, 15) is 9.59 Å². The Balaban J connectivity index is 1.43. The van der Waals surface area contributed by atoms with E-state index in [1.54, 1.807) is 45.6 Å². The van der Waals surface area contributed by atoms with Crippen LogP contribution in [-0.2, 0) is 17.9 Å². The van der Waals surface area contributed by atoms with Crippen LogP contribution in [0, 0.1) is 6.92 Å². The van der Waals surface area contributed by atoms with Gasteiger partial charge in [0, 0.05) is 15.6 Å². The Hall–Kier alpha value is -2.84. The number of carbonyl (C=O) groups is 1. The molecule has 0 unspecified atom stereocenters. The number of hydrogen-bond acceptors (Lipinski definition) is 6. The first-order valence-corrected chi connectivity index (χ1v) is 10.0. The molecule has 1 N–H and O–H groups in total. The highest BCUT2D eigenvalue weighted by Gasteiger charge is 2.10. The number of para-hydroxylation sites is 1. The van der Waals surface area contributed by atoms with E-state index in [2.05, 4.69) is 15.4 Å². The van der Waals surface area contributed by atoms with Crippen molar-refractivity contribution in [3.8, 4) is 10.6 Å². The smallest absolute Gasteiger partial charge is 0.242 e. The average molecular weight is 396 g/mol. The van der Waals surface area contributed by atoms with E-state index < -0.39 is 0 Å². The van der Waals surface area contributed by atoms with Crippen LogP contribution in [0.25, 0.3) is 21.5 Å². The third kappa shape index (κ3) is 3.81. The van der Waals surface area contributed by atoms with Gasteiger partial charge in [0.25, 0.3) is 0 Å². The van der Waals surface area contributed by atoms with Crippen LogP contribution < -0.4 is 10.7 Å². The van der Waals surface area contributed by atoms with Crippen LogP contribution in [0.4, 0.5) is 0 Å². The molecule has 3 aromatic heterocycles. The second kappa shape index (κ2) is 7.42. The number of fused-ring (bicyclic) bond motifs is 1. The Morgan fingerprint density at radius 2 is 2.07 bits per heavy atom. The summed E-state index contributed by atoms with van der Waals surface area (Å²) in [6, 6.07) is 11.2. The van der Waals surface area contributed by atoms with Crippen molar-refractivity contribution in [2.45, 2.75) is 20.0 Å². The first-order valence-electron chi connectivity index (χ1n) is 8.33. The highest BCUT2D eigenvalue weighted by atomic mass is 32.1. The van der Waals surface area contributed by atoms with Gasteiger partial charge in [-0.3, -0.25) is 14.3 Å². The highest BCUT2D eigenvalue weighted by molar-refractivity contribution is 7.16. The van der Waals surface area contributed by atoms with Crippen LogP contribution in [0.5, 0.6) is 0 Å². The molecule has 1 amide bonds. The maximum absolute atomic E-state index is 12.3. The number of carbonyl (C=O) groups excluding carboxylic acids is 1. The van der Waals surface area contributed by atoms with E-state index in [1.807, 2.05) is 30.5 Å². The number of thiazole rings is 1. The van der Waals surface area contributed by atoms with Crippen molar-refractivity contribution in [1.82, 2.24) is 20.1 Å². The summed E-state index contributed by atoms with van der Waals surface area (Å²) in [6.45, 7) is 2.49. The van der Waals surface area contributed by atoms with Crippen molar-refractivity contribution in [1.29, 1.82) is 0 Å². The summed E-state index contributed by atoms with van der Waals surface area (Å²) in [6.07, 6.45) is 1.25. The van der Waals surface area contributed by atoms with E-state index >= 15 is 0 Å². The lowest BCUT2D eigenvalue weighted by Crippen LogP contribution is -2.28. The molecule has 27 heavy (non-hydrogen) atoms. The Kier molecular flexibility index (Phi) is 4.83. The molecule has 3 heterocycles. The molecule has 4 rings (SSSR count). The van der Waals surface area contributed by atoms with Crippen molar-refractivity contribution < 1.29 is 4.79 Å². The first kappa shape index (κ1) is 17.6. The minimum Gasteiger partial charge on any atom is -0.350 e. The van der Waals surface area contributed by atoms with Gasteiger partial charge in [0.1, 0.15) is 6.54 Å². The van der Waals surface area contributed by atoms with Gasteiger partial charge in [-0.2, -0.15) is 5.10 Å². The molecule has 0 aliphatic rings. The largest absolute Gasteiger partial charge is 0.350 e. The maximum atomic E-state index is 12.3. The number of benzene rings is 1. The third-order valence-electron chi connectivity index (χ3n) is 4.05. The SMILES string of the molecule is Cc1nc(-c2ccc(CNC(=O)Cn3ncc(=O)c4ccccc43)s2)cs1. The van der Waals surface area contributed by atoms with E-state index in [-0.39, 0.29) is 17.9 Å². The number of rotatable bonds is 5. The normalized spacial score (nSPS) is 11.0. The standard InChI is InChI=1S/C19H16N4O2S2/c1-12-22-15(11-26-12)18-7-6-13(27-18)8-20-19(25)10-23-16-5-3-2-4-14(16)17(24)9-21-23/h2-7,9,11H,8,10H2,1H3,(H,20,25). The van der Waals surface area contributed by atoms with Crippen molar-refractivity contribution in [3.63, 3.8) is 0 Å². The number of aryl methyl sites for hydroxylation is 1. The van der Waals surface area contributed by atoms with Crippen molar-refractivity contribution >= 4 is 39.5 Å². The lowest BCUT2D eigenvalue weighted by atomic mass is 10.2. The van der Waals surface area contributed by atoms with Crippen LogP contribution in [0.1, 0.15) is 9.88 Å². The zero-order valence-corrected chi connectivity index (χ0v) is 16.1. The molecule has 0 aliphatic heterocycles. The zero-order valence-electron chi connectivity index (χ0n) is 14.5. The van der Waals surface area contributed by atoms with Crippen LogP contribution in [0.3, 0.4) is 0 Å². The topological polar surface area (TPSA) is 76.9 Å². The van der Waals surface area contributed by atoms with Gasteiger partial charge in [0.15, 0.2) is 0 Å². The minimum atomic E-state index is -0.157. The predicted molar refractivity (Wildman–Crippen MR) is 108 cm³/mol. The van der Waals surface area contributed by atoms with Gasteiger partial charge >= 0.3 is 0 Å². The van der Waals surface area contributed by atoms with Gasteiger partial charge in [-0.25, -0.2) is 4.98 Å². The zero-order chi connectivity index (χ0) is 18.8. The Labute approximate surface area is 163 Å². The molecule has 136 valence electrons. The van der Waals surface area contributed by atoms with Crippen LogP contribution in [-0.4, -0.2) is 20.7 Å². The minimum absolute atomic E-state index is 0.0598. The maximum Gasteiger partial charge on any atom is 0.242 e. The molecule has 0 spiro atoms. The number of aromatic nitrogens is 3. The fourth-order valence-corrected chi connectivity index (χ4v) is 4.35. The number of nitrogens with zero attached hydrogens (tertiary/aromatic N) is 3. The van der Waals surface area contributed by atoms with Crippen LogP contribution in [0.2, 0.25) is 0 Å². The summed E-state index contributed by atoms with van der Waals surface area (Å²) in [5, 5.41) is 10.6. The summed E-state index contributed by atoms with van der Waals surface area (Å²) in [7, 11) is 0. The number of thiophene rings is 1. The molecular weight excluding hydrogens is 380 g/mol.